The average molecular weight is 311 g/mol. The minimum atomic E-state index is 0.460. The number of benzene rings is 1. The third-order valence-electron chi connectivity index (χ3n) is 7.27. The van der Waals surface area contributed by atoms with Crippen molar-refractivity contribution in [3.05, 3.63) is 29.3 Å². The summed E-state index contributed by atoms with van der Waals surface area (Å²) in [6, 6.07) is 7.83. The predicted octanol–water partition coefficient (Wildman–Crippen LogP) is 4.16. The zero-order chi connectivity index (χ0) is 15.4. The van der Waals surface area contributed by atoms with Gasteiger partial charge in [-0.1, -0.05) is 18.9 Å². The van der Waals surface area contributed by atoms with E-state index in [9.17, 15) is 0 Å². The maximum atomic E-state index is 6.12. The van der Waals surface area contributed by atoms with Crippen LogP contribution in [0.1, 0.15) is 56.1 Å². The van der Waals surface area contributed by atoms with Gasteiger partial charge in [0.05, 0.1) is 6.61 Å². The molecule has 2 heteroatoms. The van der Waals surface area contributed by atoms with Gasteiger partial charge in [-0.2, -0.15) is 0 Å². The van der Waals surface area contributed by atoms with Crippen LogP contribution in [0.2, 0.25) is 0 Å². The first-order chi connectivity index (χ1) is 11.3. The van der Waals surface area contributed by atoms with Crippen LogP contribution in [0.15, 0.2) is 18.2 Å². The van der Waals surface area contributed by atoms with Gasteiger partial charge in [0.15, 0.2) is 0 Å². The standard InChI is InChI=1S/C21H29NO/c1-22-11-10-21-9-3-2-4-18(21)20(22)12-16-7-8-17(13-19(16)21)23-14-15-5-6-15/h7-8,13,15,18,20H,2-6,9-12,14H2,1H3. The Hall–Kier alpha value is -1.02. The first-order valence-electron chi connectivity index (χ1n) is 9.73. The number of hydrogen-bond donors (Lipinski definition) is 0. The zero-order valence-corrected chi connectivity index (χ0v) is 14.4. The van der Waals surface area contributed by atoms with Crippen LogP contribution in [-0.2, 0) is 11.8 Å². The molecule has 2 nitrogen and oxygen atoms in total. The largest absolute Gasteiger partial charge is 0.493 e. The molecule has 1 aliphatic heterocycles. The lowest BCUT2D eigenvalue weighted by Gasteiger charge is -2.58. The van der Waals surface area contributed by atoms with Gasteiger partial charge in [-0.15, -0.1) is 0 Å². The highest BCUT2D eigenvalue weighted by atomic mass is 16.5. The molecule has 0 spiro atoms. The van der Waals surface area contributed by atoms with Crippen LogP contribution in [0.4, 0.5) is 0 Å². The zero-order valence-electron chi connectivity index (χ0n) is 14.4. The van der Waals surface area contributed by atoms with Crippen molar-refractivity contribution in [2.45, 2.75) is 62.8 Å². The summed E-state index contributed by atoms with van der Waals surface area (Å²) in [5.41, 5.74) is 3.74. The lowest BCUT2D eigenvalue weighted by Crippen LogP contribution is -2.59. The molecule has 1 heterocycles. The molecular formula is C21H29NO. The topological polar surface area (TPSA) is 12.5 Å². The first kappa shape index (κ1) is 14.3. The first-order valence-corrected chi connectivity index (χ1v) is 9.73. The number of ether oxygens (including phenoxy) is 1. The molecule has 3 atom stereocenters. The van der Waals surface area contributed by atoms with E-state index in [4.69, 9.17) is 4.74 Å². The van der Waals surface area contributed by atoms with Gasteiger partial charge in [-0.25, -0.2) is 0 Å². The summed E-state index contributed by atoms with van der Waals surface area (Å²) in [6.45, 7) is 2.20. The highest BCUT2D eigenvalue weighted by Crippen LogP contribution is 2.55. The molecule has 3 aliphatic carbocycles. The van der Waals surface area contributed by atoms with Crippen LogP contribution in [0, 0.1) is 11.8 Å². The molecule has 124 valence electrons. The summed E-state index contributed by atoms with van der Waals surface area (Å²) in [7, 11) is 2.35. The molecule has 0 amide bonds. The second-order valence-electron chi connectivity index (χ2n) is 8.58. The Labute approximate surface area is 140 Å². The number of likely N-dealkylation sites (N-methyl/N-ethyl adjacent to an activating group) is 1. The van der Waals surface area contributed by atoms with Gasteiger partial charge in [-0.3, -0.25) is 0 Å². The van der Waals surface area contributed by atoms with Crippen molar-refractivity contribution in [2.24, 2.45) is 11.8 Å². The number of piperidine rings is 1. The third-order valence-corrected chi connectivity index (χ3v) is 7.27. The molecule has 5 rings (SSSR count). The molecule has 0 N–H and O–H groups in total. The maximum absolute atomic E-state index is 6.12. The molecule has 4 aliphatic rings. The molecular weight excluding hydrogens is 282 g/mol. The fourth-order valence-corrected chi connectivity index (χ4v) is 5.76. The Morgan fingerprint density at radius 2 is 2.09 bits per heavy atom. The van der Waals surface area contributed by atoms with Crippen molar-refractivity contribution in [1.29, 1.82) is 0 Å². The number of nitrogens with zero attached hydrogens (tertiary/aromatic N) is 1. The summed E-state index contributed by atoms with van der Waals surface area (Å²) in [5.74, 6) is 2.84. The summed E-state index contributed by atoms with van der Waals surface area (Å²) in [5, 5.41) is 0. The van der Waals surface area contributed by atoms with Crippen LogP contribution in [0.5, 0.6) is 5.75 Å². The minimum Gasteiger partial charge on any atom is -0.493 e. The fraction of sp³-hybridized carbons (Fsp3) is 0.714. The van der Waals surface area contributed by atoms with Gasteiger partial charge >= 0.3 is 0 Å². The van der Waals surface area contributed by atoms with E-state index >= 15 is 0 Å². The maximum Gasteiger partial charge on any atom is 0.119 e. The molecule has 3 unspecified atom stereocenters. The number of rotatable bonds is 3. The molecule has 0 aromatic heterocycles. The molecule has 1 aromatic carbocycles. The number of fused-ring (bicyclic) bond motifs is 1. The van der Waals surface area contributed by atoms with Crippen molar-refractivity contribution in [1.82, 2.24) is 4.90 Å². The van der Waals surface area contributed by atoms with Crippen molar-refractivity contribution < 1.29 is 4.74 Å². The van der Waals surface area contributed by atoms with Crippen LogP contribution < -0.4 is 4.74 Å². The van der Waals surface area contributed by atoms with Crippen LogP contribution in [0.25, 0.3) is 0 Å². The van der Waals surface area contributed by atoms with Gasteiger partial charge in [0.1, 0.15) is 5.75 Å². The minimum absolute atomic E-state index is 0.460. The van der Waals surface area contributed by atoms with Gasteiger partial charge in [0.25, 0.3) is 0 Å². The van der Waals surface area contributed by atoms with E-state index in [-0.39, 0.29) is 0 Å². The second kappa shape index (κ2) is 5.24. The third kappa shape index (κ3) is 2.25. The normalized spacial score (nSPS) is 36.2. The van der Waals surface area contributed by atoms with Crippen LogP contribution >= 0.6 is 0 Å². The summed E-state index contributed by atoms with van der Waals surface area (Å²) < 4.78 is 6.12. The molecule has 2 saturated carbocycles. The van der Waals surface area contributed by atoms with E-state index in [2.05, 4.69) is 30.1 Å². The van der Waals surface area contributed by atoms with Crippen molar-refractivity contribution in [3.8, 4) is 5.75 Å². The van der Waals surface area contributed by atoms with E-state index in [1.54, 1.807) is 11.1 Å². The summed E-state index contributed by atoms with van der Waals surface area (Å²) in [6.07, 6.45) is 11.0. The Balaban J connectivity index is 1.53. The molecule has 23 heavy (non-hydrogen) atoms. The van der Waals surface area contributed by atoms with Gasteiger partial charge in [0.2, 0.25) is 0 Å². The lowest BCUT2D eigenvalue weighted by molar-refractivity contribution is 0.00270. The van der Waals surface area contributed by atoms with Crippen LogP contribution in [0.3, 0.4) is 0 Å². The van der Waals surface area contributed by atoms with Gasteiger partial charge < -0.3 is 9.64 Å². The van der Waals surface area contributed by atoms with Gasteiger partial charge in [0, 0.05) is 11.5 Å². The second-order valence-corrected chi connectivity index (χ2v) is 8.58. The van der Waals surface area contributed by atoms with E-state index < -0.39 is 0 Å². The smallest absolute Gasteiger partial charge is 0.119 e. The van der Waals surface area contributed by atoms with Crippen molar-refractivity contribution >= 4 is 0 Å². The quantitative estimate of drug-likeness (QED) is 0.831. The predicted molar refractivity (Wildman–Crippen MR) is 93.0 cm³/mol. The Kier molecular flexibility index (Phi) is 3.27. The molecule has 0 radical (unpaired) electrons. The average Bonchev–Trinajstić information content (AvgIpc) is 3.41. The molecule has 2 bridgehead atoms. The van der Waals surface area contributed by atoms with E-state index in [1.807, 2.05) is 0 Å². The Bertz CT molecular complexity index is 608. The Morgan fingerprint density at radius 1 is 1.17 bits per heavy atom. The molecule has 3 fully saturated rings. The van der Waals surface area contributed by atoms with E-state index in [0.717, 1.165) is 30.2 Å². The monoisotopic (exact) mass is 311 g/mol. The Morgan fingerprint density at radius 3 is 2.96 bits per heavy atom. The fourth-order valence-electron chi connectivity index (χ4n) is 5.76. The summed E-state index contributed by atoms with van der Waals surface area (Å²) >= 11 is 0. The molecule has 1 saturated heterocycles. The number of hydrogen-bond acceptors (Lipinski definition) is 2. The van der Waals surface area contributed by atoms with Crippen LogP contribution in [-0.4, -0.2) is 31.1 Å². The molecule has 1 aromatic rings. The van der Waals surface area contributed by atoms with Crippen molar-refractivity contribution in [2.75, 3.05) is 20.2 Å². The highest BCUT2D eigenvalue weighted by molar-refractivity contribution is 5.45. The lowest BCUT2D eigenvalue weighted by atomic mass is 9.52. The van der Waals surface area contributed by atoms with Crippen molar-refractivity contribution in [3.63, 3.8) is 0 Å². The van der Waals surface area contributed by atoms with E-state index in [1.165, 1.54) is 57.9 Å². The SMILES string of the molecule is CN1CCC23CCCCC2C1Cc1ccc(OCC2CC2)cc13. The van der Waals surface area contributed by atoms with E-state index in [0.29, 0.717) is 5.41 Å². The highest BCUT2D eigenvalue weighted by Gasteiger charge is 2.53. The number of likely N-dealkylation sites (tertiary alicyclic amines) is 1. The van der Waals surface area contributed by atoms with Gasteiger partial charge in [-0.05, 0) is 87.2 Å². The summed E-state index contributed by atoms with van der Waals surface area (Å²) in [4.78, 5) is 2.65.